The maximum absolute atomic E-state index is 7.88. The van der Waals surface area contributed by atoms with Crippen molar-refractivity contribution in [1.82, 2.24) is 0 Å². The molecule has 0 saturated heterocycles. The summed E-state index contributed by atoms with van der Waals surface area (Å²) in [5, 5.41) is 23.6. The molecule has 0 spiro atoms. The van der Waals surface area contributed by atoms with E-state index in [0.29, 0.717) is 19.8 Å². The minimum Gasteiger partial charge on any atom is -0.396 e. The maximum Gasteiger partial charge on any atom is 0.0428 e. The first-order valence-electron chi connectivity index (χ1n) is 6.42. The molecule has 3 nitrogen and oxygen atoms in total. The number of hydrogen-bond acceptors (Lipinski definition) is 3. The third-order valence-corrected chi connectivity index (χ3v) is 0.671. The van der Waals surface area contributed by atoms with Crippen molar-refractivity contribution in [3.05, 3.63) is 6.55 Å². The monoisotopic (exact) mass is 357 g/mol. The van der Waals surface area contributed by atoms with Gasteiger partial charge in [0.15, 0.2) is 0 Å². The van der Waals surface area contributed by atoms with E-state index < -0.39 is 8.07 Å². The third kappa shape index (κ3) is 274. The normalized spacial score (nSPS) is 8.33. The molecule has 0 aliphatic carbocycles. The smallest absolute Gasteiger partial charge is 0.0428 e. The summed E-state index contributed by atoms with van der Waals surface area (Å²) in [5.74, 6) is 0. The first-order valence-corrected chi connectivity index (χ1v) is 10.1. The summed E-state index contributed by atoms with van der Waals surface area (Å²) < 4.78 is 0. The van der Waals surface area contributed by atoms with Gasteiger partial charge < -0.3 is 21.9 Å². The van der Waals surface area contributed by atoms with Gasteiger partial charge in [0.1, 0.15) is 0 Å². The molecule has 5 heteroatoms. The zero-order valence-corrected chi connectivity index (χ0v) is 16.7. The Labute approximate surface area is 135 Å². The van der Waals surface area contributed by atoms with Crippen LogP contribution in [0.15, 0.2) is 0 Å². The van der Waals surface area contributed by atoms with E-state index in [2.05, 4.69) is 26.2 Å². The Balaban J connectivity index is -0.0000000412. The summed E-state index contributed by atoms with van der Waals surface area (Å²) in [6.45, 7) is 17.3. The molecule has 0 saturated carbocycles. The van der Waals surface area contributed by atoms with Crippen LogP contribution in [0.5, 0.6) is 0 Å². The van der Waals surface area contributed by atoms with Crippen LogP contribution in [0.2, 0.25) is 19.6 Å². The van der Waals surface area contributed by atoms with Crippen LogP contribution >= 0.6 is 0 Å². The molecule has 0 aromatic rings. The van der Waals surface area contributed by atoms with Crippen molar-refractivity contribution in [1.29, 1.82) is 0 Å². The van der Waals surface area contributed by atoms with Crippen molar-refractivity contribution in [2.45, 2.75) is 59.7 Å². The molecule has 18 heavy (non-hydrogen) atoms. The molecule has 0 heterocycles. The van der Waals surface area contributed by atoms with Crippen LogP contribution in [-0.2, 0) is 26.2 Å². The molecule has 3 N–H and O–H groups in total. The Morgan fingerprint density at radius 2 is 0.778 bits per heavy atom. The van der Waals surface area contributed by atoms with Crippen molar-refractivity contribution >= 4 is 8.07 Å². The fourth-order valence-corrected chi connectivity index (χ4v) is 0. The zero-order chi connectivity index (χ0) is 14.7. The van der Waals surface area contributed by atoms with Gasteiger partial charge in [0, 0.05) is 46.0 Å². The molecule has 0 aliphatic heterocycles. The van der Waals surface area contributed by atoms with E-state index in [0.717, 1.165) is 19.3 Å². The molecule has 0 fully saturated rings. The SMILES string of the molecule is CCCO.CCCO.CCCO.[CH2-][Si](C)(C)C.[Zr]. The van der Waals surface area contributed by atoms with Gasteiger partial charge in [-0.2, -0.15) is 0 Å². The quantitative estimate of drug-likeness (QED) is 0.537. The van der Waals surface area contributed by atoms with Crippen molar-refractivity contribution in [3.8, 4) is 0 Å². The minimum absolute atomic E-state index is 0. The second-order valence-corrected chi connectivity index (χ2v) is 9.85. The van der Waals surface area contributed by atoms with Crippen LogP contribution in [0.4, 0.5) is 0 Å². The fraction of sp³-hybridized carbons (Fsp3) is 0.923. The Morgan fingerprint density at radius 3 is 0.778 bits per heavy atom. The van der Waals surface area contributed by atoms with Crippen LogP contribution in [0.25, 0.3) is 0 Å². The largest absolute Gasteiger partial charge is 0.396 e. The van der Waals surface area contributed by atoms with E-state index >= 15 is 0 Å². The minimum atomic E-state index is -0.861. The maximum atomic E-state index is 7.88. The van der Waals surface area contributed by atoms with Gasteiger partial charge in [-0.15, -0.1) is 8.07 Å². The second kappa shape index (κ2) is 30.8. The van der Waals surface area contributed by atoms with Gasteiger partial charge in [0.2, 0.25) is 0 Å². The Morgan fingerprint density at radius 1 is 0.722 bits per heavy atom. The molecule has 0 bridgehead atoms. The summed E-state index contributed by atoms with van der Waals surface area (Å²) in [6, 6.07) is 0. The molecule has 0 radical (unpaired) electrons. The van der Waals surface area contributed by atoms with Crippen molar-refractivity contribution in [2.24, 2.45) is 0 Å². The number of hydrogen-bond donors (Lipinski definition) is 3. The van der Waals surface area contributed by atoms with E-state index in [-0.39, 0.29) is 26.2 Å². The van der Waals surface area contributed by atoms with Gasteiger partial charge >= 0.3 is 0 Å². The van der Waals surface area contributed by atoms with Gasteiger partial charge in [0.25, 0.3) is 0 Å². The topological polar surface area (TPSA) is 60.7 Å². The molecular weight excluding hydrogens is 323 g/mol. The summed E-state index contributed by atoms with van der Waals surface area (Å²) in [5.41, 5.74) is 0. The van der Waals surface area contributed by atoms with Gasteiger partial charge in [-0.25, -0.2) is 0 Å². The first kappa shape index (κ1) is 31.4. The predicted octanol–water partition coefficient (Wildman–Crippen LogP) is 2.86. The van der Waals surface area contributed by atoms with E-state index in [1.165, 1.54) is 0 Å². The van der Waals surface area contributed by atoms with E-state index in [4.69, 9.17) is 15.3 Å². The molecule has 114 valence electrons. The van der Waals surface area contributed by atoms with Gasteiger partial charge in [-0.1, -0.05) is 40.4 Å². The second-order valence-electron chi connectivity index (χ2n) is 4.73. The Bertz CT molecular complexity index is 77.2. The molecule has 0 rings (SSSR count). The van der Waals surface area contributed by atoms with E-state index in [1.54, 1.807) is 0 Å². The predicted molar refractivity (Wildman–Crippen MR) is 80.8 cm³/mol. The standard InChI is InChI=1S/C4H11Si.3C3H8O.Zr/c1-5(2,3)4;3*1-2-3-4;/h1H2,2-4H3;3*4H,2-3H2,1H3;/q-1;;;;. The molecule has 0 atom stereocenters. The van der Waals surface area contributed by atoms with Crippen molar-refractivity contribution < 1.29 is 41.5 Å². The van der Waals surface area contributed by atoms with Crippen LogP contribution in [0, 0.1) is 6.55 Å². The average Bonchev–Trinajstić information content (AvgIpc) is 2.27. The Hall–Kier alpha value is 0.980. The molecule has 0 amide bonds. The molecule has 0 aromatic heterocycles. The molecular formula is C13H35O3SiZr-. The van der Waals surface area contributed by atoms with Gasteiger partial charge in [-0.05, 0) is 19.3 Å². The fourth-order valence-electron chi connectivity index (χ4n) is 0. The van der Waals surface area contributed by atoms with Gasteiger partial charge in [0.05, 0.1) is 0 Å². The Kier molecular flexibility index (Phi) is 53.7. The van der Waals surface area contributed by atoms with Crippen LogP contribution < -0.4 is 0 Å². The summed E-state index contributed by atoms with van der Waals surface area (Å²) in [6.07, 6.45) is 2.62. The van der Waals surface area contributed by atoms with Crippen LogP contribution in [0.3, 0.4) is 0 Å². The van der Waals surface area contributed by atoms with Crippen LogP contribution in [-0.4, -0.2) is 43.2 Å². The molecule has 0 aromatic carbocycles. The zero-order valence-electron chi connectivity index (χ0n) is 13.3. The van der Waals surface area contributed by atoms with Crippen molar-refractivity contribution in [2.75, 3.05) is 19.8 Å². The van der Waals surface area contributed by atoms with Crippen LogP contribution in [0.1, 0.15) is 40.0 Å². The van der Waals surface area contributed by atoms with Crippen molar-refractivity contribution in [3.63, 3.8) is 0 Å². The summed E-state index contributed by atoms with van der Waals surface area (Å²) in [4.78, 5) is 0. The summed E-state index contributed by atoms with van der Waals surface area (Å²) in [7, 11) is -0.861. The molecule has 0 unspecified atom stereocenters. The number of rotatable bonds is 3. The van der Waals surface area contributed by atoms with E-state index in [9.17, 15) is 0 Å². The molecule has 0 aliphatic rings. The van der Waals surface area contributed by atoms with Gasteiger partial charge in [-0.3, -0.25) is 0 Å². The van der Waals surface area contributed by atoms with E-state index in [1.807, 2.05) is 20.8 Å². The first-order chi connectivity index (χ1) is 7.74. The number of aliphatic hydroxyl groups is 3. The number of aliphatic hydroxyl groups excluding tert-OH is 3. The average molecular weight is 359 g/mol. The third-order valence-electron chi connectivity index (χ3n) is 0.671. The summed E-state index contributed by atoms with van der Waals surface area (Å²) >= 11 is 0.